The zero-order chi connectivity index (χ0) is 13.3. The van der Waals surface area contributed by atoms with Crippen LogP contribution in [0.2, 0.25) is 0 Å². The second-order valence-electron chi connectivity index (χ2n) is 4.78. The minimum atomic E-state index is -0.204. The number of aryl methyl sites for hydroxylation is 2. The molecule has 0 aromatic heterocycles. The maximum Gasteiger partial charge on any atom is 0.126 e. The molecule has 18 heavy (non-hydrogen) atoms. The van der Waals surface area contributed by atoms with E-state index in [0.717, 1.165) is 11.1 Å². The molecule has 2 N–H and O–H groups in total. The molecule has 2 rings (SSSR count). The van der Waals surface area contributed by atoms with Crippen molar-refractivity contribution in [3.63, 3.8) is 0 Å². The molecule has 0 amide bonds. The Labute approximate surface area is 107 Å². The molecule has 1 atom stereocenters. The van der Waals surface area contributed by atoms with Crippen molar-refractivity contribution in [1.82, 2.24) is 0 Å². The van der Waals surface area contributed by atoms with Crippen molar-refractivity contribution in [2.45, 2.75) is 26.8 Å². The zero-order valence-corrected chi connectivity index (χ0v) is 11.0. The van der Waals surface area contributed by atoms with Crippen LogP contribution in [-0.2, 0) is 0 Å². The normalized spacial score (nSPS) is 12.5. The molecular formula is C16H18FN. The number of hydrogen-bond donors (Lipinski definition) is 1. The fraction of sp³-hybridized carbons (Fsp3) is 0.250. The van der Waals surface area contributed by atoms with E-state index in [9.17, 15) is 4.39 Å². The molecule has 1 unspecified atom stereocenters. The van der Waals surface area contributed by atoms with E-state index in [4.69, 9.17) is 5.73 Å². The summed E-state index contributed by atoms with van der Waals surface area (Å²) in [7, 11) is 0. The van der Waals surface area contributed by atoms with E-state index in [1.165, 1.54) is 17.2 Å². The molecule has 0 spiro atoms. The van der Waals surface area contributed by atoms with Crippen LogP contribution in [0, 0.1) is 26.6 Å². The van der Waals surface area contributed by atoms with Gasteiger partial charge in [-0.05, 0) is 54.7 Å². The van der Waals surface area contributed by atoms with Crippen LogP contribution in [0.3, 0.4) is 0 Å². The molecule has 1 nitrogen and oxygen atoms in total. The second kappa shape index (κ2) is 4.91. The van der Waals surface area contributed by atoms with Gasteiger partial charge in [-0.1, -0.05) is 30.3 Å². The second-order valence-corrected chi connectivity index (χ2v) is 4.78. The van der Waals surface area contributed by atoms with Gasteiger partial charge in [-0.15, -0.1) is 0 Å². The Morgan fingerprint density at radius 1 is 1.00 bits per heavy atom. The lowest BCUT2D eigenvalue weighted by Crippen LogP contribution is -2.14. The lowest BCUT2D eigenvalue weighted by molar-refractivity contribution is 0.617. The number of halogens is 1. The Kier molecular flexibility index (Phi) is 3.48. The molecule has 2 aromatic rings. The first-order chi connectivity index (χ1) is 8.50. The maximum atomic E-state index is 13.3. The topological polar surface area (TPSA) is 26.0 Å². The summed E-state index contributed by atoms with van der Waals surface area (Å²) in [5, 5.41) is 0. The highest BCUT2D eigenvalue weighted by atomic mass is 19.1. The van der Waals surface area contributed by atoms with E-state index in [2.05, 4.69) is 19.9 Å². The van der Waals surface area contributed by atoms with Crippen molar-refractivity contribution in [1.29, 1.82) is 0 Å². The fourth-order valence-corrected chi connectivity index (χ4v) is 2.15. The fourth-order valence-electron chi connectivity index (χ4n) is 2.15. The van der Waals surface area contributed by atoms with E-state index in [-0.39, 0.29) is 11.9 Å². The summed E-state index contributed by atoms with van der Waals surface area (Å²) in [6, 6.07) is 11.0. The van der Waals surface area contributed by atoms with Crippen molar-refractivity contribution in [3.8, 4) is 0 Å². The van der Waals surface area contributed by atoms with Gasteiger partial charge in [0, 0.05) is 0 Å². The maximum absolute atomic E-state index is 13.3. The first-order valence-electron chi connectivity index (χ1n) is 6.08. The van der Waals surface area contributed by atoms with Gasteiger partial charge in [0.2, 0.25) is 0 Å². The lowest BCUT2D eigenvalue weighted by Gasteiger charge is -2.17. The van der Waals surface area contributed by atoms with Gasteiger partial charge < -0.3 is 5.73 Å². The van der Waals surface area contributed by atoms with Gasteiger partial charge >= 0.3 is 0 Å². The molecule has 0 fully saturated rings. The van der Waals surface area contributed by atoms with Crippen LogP contribution in [0.25, 0.3) is 0 Å². The Morgan fingerprint density at radius 2 is 1.72 bits per heavy atom. The Balaban J connectivity index is 2.44. The molecule has 0 heterocycles. The van der Waals surface area contributed by atoms with Gasteiger partial charge in [-0.2, -0.15) is 0 Å². The van der Waals surface area contributed by atoms with Gasteiger partial charge in [-0.3, -0.25) is 0 Å². The van der Waals surface area contributed by atoms with Crippen LogP contribution in [0.5, 0.6) is 0 Å². The predicted octanol–water partition coefficient (Wildman–Crippen LogP) is 3.80. The first-order valence-corrected chi connectivity index (χ1v) is 6.08. The molecular weight excluding hydrogens is 225 g/mol. The highest BCUT2D eigenvalue weighted by molar-refractivity contribution is 5.41. The van der Waals surface area contributed by atoms with Crippen LogP contribution in [0.15, 0.2) is 36.4 Å². The molecule has 0 saturated carbocycles. The number of benzene rings is 2. The van der Waals surface area contributed by atoms with E-state index in [1.54, 1.807) is 13.0 Å². The summed E-state index contributed by atoms with van der Waals surface area (Å²) in [5.41, 5.74) is 11.4. The molecule has 0 aliphatic rings. The SMILES string of the molecule is Cc1cc(C(N)c2cccc(C)c2C)ccc1F. The van der Waals surface area contributed by atoms with Gasteiger partial charge in [0.1, 0.15) is 5.82 Å². The molecule has 2 aromatic carbocycles. The lowest BCUT2D eigenvalue weighted by atomic mass is 9.92. The summed E-state index contributed by atoms with van der Waals surface area (Å²) >= 11 is 0. The monoisotopic (exact) mass is 243 g/mol. The largest absolute Gasteiger partial charge is 0.320 e. The molecule has 0 radical (unpaired) electrons. The summed E-state index contributed by atoms with van der Waals surface area (Å²) in [6.45, 7) is 5.90. The first kappa shape index (κ1) is 12.8. The average molecular weight is 243 g/mol. The third kappa shape index (κ3) is 2.29. The number of hydrogen-bond acceptors (Lipinski definition) is 1. The highest BCUT2D eigenvalue weighted by Crippen LogP contribution is 2.25. The van der Waals surface area contributed by atoms with Crippen LogP contribution in [0.4, 0.5) is 4.39 Å². The average Bonchev–Trinajstić information content (AvgIpc) is 2.35. The third-order valence-corrected chi connectivity index (χ3v) is 3.52. The van der Waals surface area contributed by atoms with Crippen molar-refractivity contribution in [3.05, 3.63) is 70.0 Å². The number of rotatable bonds is 2. The van der Waals surface area contributed by atoms with Crippen LogP contribution < -0.4 is 5.73 Å². The van der Waals surface area contributed by atoms with Gasteiger partial charge in [0.05, 0.1) is 6.04 Å². The summed E-state index contributed by atoms with van der Waals surface area (Å²) in [4.78, 5) is 0. The van der Waals surface area contributed by atoms with Crippen molar-refractivity contribution >= 4 is 0 Å². The van der Waals surface area contributed by atoms with Gasteiger partial charge in [0.25, 0.3) is 0 Å². The summed E-state index contributed by atoms with van der Waals surface area (Å²) < 4.78 is 13.3. The van der Waals surface area contributed by atoms with Gasteiger partial charge in [-0.25, -0.2) is 4.39 Å². The van der Waals surface area contributed by atoms with Crippen LogP contribution >= 0.6 is 0 Å². The van der Waals surface area contributed by atoms with Crippen molar-refractivity contribution in [2.24, 2.45) is 5.73 Å². The third-order valence-electron chi connectivity index (χ3n) is 3.52. The minimum absolute atomic E-state index is 0.188. The molecule has 0 aliphatic heterocycles. The Bertz CT molecular complexity index is 575. The number of nitrogens with two attached hydrogens (primary N) is 1. The Hall–Kier alpha value is -1.67. The van der Waals surface area contributed by atoms with Gasteiger partial charge in [0.15, 0.2) is 0 Å². The molecule has 94 valence electrons. The summed E-state index contributed by atoms with van der Waals surface area (Å²) in [5.74, 6) is -0.188. The predicted molar refractivity (Wildman–Crippen MR) is 73.1 cm³/mol. The van der Waals surface area contributed by atoms with Crippen molar-refractivity contribution in [2.75, 3.05) is 0 Å². The Morgan fingerprint density at radius 3 is 2.39 bits per heavy atom. The quantitative estimate of drug-likeness (QED) is 0.853. The standard InChI is InChI=1S/C16H18FN/c1-10-5-4-6-14(12(10)3)16(18)13-7-8-15(17)11(2)9-13/h4-9,16H,18H2,1-3H3. The smallest absolute Gasteiger partial charge is 0.126 e. The van der Waals surface area contributed by atoms with Crippen LogP contribution in [-0.4, -0.2) is 0 Å². The summed E-state index contributed by atoms with van der Waals surface area (Å²) in [6.07, 6.45) is 0. The van der Waals surface area contributed by atoms with Crippen LogP contribution in [0.1, 0.15) is 33.9 Å². The van der Waals surface area contributed by atoms with E-state index >= 15 is 0 Å². The molecule has 2 heteroatoms. The molecule has 0 saturated heterocycles. The van der Waals surface area contributed by atoms with Crippen molar-refractivity contribution < 1.29 is 4.39 Å². The van der Waals surface area contributed by atoms with E-state index in [1.807, 2.05) is 18.2 Å². The minimum Gasteiger partial charge on any atom is -0.320 e. The zero-order valence-electron chi connectivity index (χ0n) is 11.0. The molecule has 0 bridgehead atoms. The highest BCUT2D eigenvalue weighted by Gasteiger charge is 2.13. The van der Waals surface area contributed by atoms with E-state index in [0.29, 0.717) is 5.56 Å². The molecule has 0 aliphatic carbocycles. The van der Waals surface area contributed by atoms with E-state index < -0.39 is 0 Å².